The fourth-order valence-corrected chi connectivity index (χ4v) is 6.05. The second kappa shape index (κ2) is 10.2. The molecule has 0 amide bonds. The molecule has 0 aromatic carbocycles. The number of nitrogens with two attached hydrogens (primary N) is 2. The number of imidazole rings is 1. The zero-order chi connectivity index (χ0) is 26.1. The number of guanidine groups is 1. The van der Waals surface area contributed by atoms with Gasteiger partial charge in [0.1, 0.15) is 5.82 Å². The van der Waals surface area contributed by atoms with E-state index in [2.05, 4.69) is 49.0 Å². The van der Waals surface area contributed by atoms with Gasteiger partial charge in [-0.1, -0.05) is 19.8 Å². The van der Waals surface area contributed by atoms with Crippen molar-refractivity contribution in [2.75, 3.05) is 61.3 Å². The second-order valence-corrected chi connectivity index (χ2v) is 10.9. The van der Waals surface area contributed by atoms with Crippen LogP contribution >= 0.6 is 0 Å². The van der Waals surface area contributed by atoms with Gasteiger partial charge in [-0.3, -0.25) is 4.99 Å². The van der Waals surface area contributed by atoms with Gasteiger partial charge in [-0.25, -0.2) is 9.97 Å². The highest BCUT2D eigenvalue weighted by atomic mass is 15.3. The van der Waals surface area contributed by atoms with Crippen LogP contribution in [0.1, 0.15) is 45.1 Å². The van der Waals surface area contributed by atoms with Crippen molar-refractivity contribution in [1.29, 1.82) is 0 Å². The first-order valence-corrected chi connectivity index (χ1v) is 13.8. The molecule has 3 aliphatic rings. The van der Waals surface area contributed by atoms with E-state index < -0.39 is 0 Å². The molecule has 0 bridgehead atoms. The van der Waals surface area contributed by atoms with Gasteiger partial charge in [0.2, 0.25) is 5.95 Å². The van der Waals surface area contributed by atoms with E-state index in [9.17, 15) is 0 Å². The molecule has 2 aliphatic heterocycles. The number of hydrogen-bond acceptors (Lipinski definition) is 9. The van der Waals surface area contributed by atoms with Gasteiger partial charge < -0.3 is 36.5 Å². The summed E-state index contributed by atoms with van der Waals surface area (Å²) in [4.78, 5) is 28.0. The standard InChI is InChI=1S/C26H38N12/c1-2-36-13-26(14-36)15-37(16-26)20-9-8-18(12-31-20)33-22-21-23(38(17-32-21)19-6-3-4-7-19)35-25(34-22)30-11-5-10-29-24(27)28/h8-9,12,17,19H,2-7,10-11,13-16H2,1H3,(H4,27,28,29)(H2,30,33,34,35). The lowest BCUT2D eigenvalue weighted by Crippen LogP contribution is -2.72. The number of rotatable bonds is 10. The Morgan fingerprint density at radius 1 is 1.11 bits per heavy atom. The van der Waals surface area contributed by atoms with E-state index in [0.29, 0.717) is 36.3 Å². The van der Waals surface area contributed by atoms with Crippen molar-refractivity contribution in [2.45, 2.75) is 45.1 Å². The lowest BCUT2D eigenvalue weighted by molar-refractivity contribution is -0.0181. The average molecular weight is 519 g/mol. The first-order valence-electron chi connectivity index (χ1n) is 13.8. The summed E-state index contributed by atoms with van der Waals surface area (Å²) in [5, 5.41) is 6.78. The van der Waals surface area contributed by atoms with Gasteiger partial charge in [0.25, 0.3) is 0 Å². The van der Waals surface area contributed by atoms with Crippen molar-refractivity contribution in [3.8, 4) is 0 Å². The van der Waals surface area contributed by atoms with Crippen molar-refractivity contribution >= 4 is 40.4 Å². The molecular weight excluding hydrogens is 480 g/mol. The van der Waals surface area contributed by atoms with E-state index in [1.807, 2.05) is 12.5 Å². The highest BCUT2D eigenvalue weighted by molar-refractivity contribution is 5.86. The molecule has 1 spiro atoms. The minimum Gasteiger partial charge on any atom is -0.370 e. The largest absolute Gasteiger partial charge is 0.370 e. The van der Waals surface area contributed by atoms with Gasteiger partial charge >= 0.3 is 0 Å². The molecule has 6 N–H and O–H groups in total. The molecule has 1 saturated carbocycles. The van der Waals surface area contributed by atoms with Crippen LogP contribution in [-0.2, 0) is 0 Å². The fraction of sp³-hybridized carbons (Fsp3) is 0.577. The first-order chi connectivity index (χ1) is 18.5. The van der Waals surface area contributed by atoms with Crippen LogP contribution in [0.25, 0.3) is 11.2 Å². The number of fused-ring (bicyclic) bond motifs is 1. The molecule has 6 rings (SSSR count). The SMILES string of the molecule is CCN1CC2(C1)CN(c1ccc(Nc3nc(NCCCN=C(N)N)nc4c3ncn4C3CCCC3)cn1)C2. The smallest absolute Gasteiger partial charge is 0.226 e. The Hall–Kier alpha value is -3.67. The third-order valence-electron chi connectivity index (χ3n) is 8.00. The Morgan fingerprint density at radius 3 is 2.63 bits per heavy atom. The van der Waals surface area contributed by atoms with E-state index in [1.54, 1.807) is 0 Å². The van der Waals surface area contributed by atoms with Gasteiger partial charge in [0.15, 0.2) is 22.9 Å². The van der Waals surface area contributed by atoms with Crippen LogP contribution in [0, 0.1) is 5.41 Å². The molecular formula is C26H38N12. The molecule has 12 nitrogen and oxygen atoms in total. The van der Waals surface area contributed by atoms with E-state index in [4.69, 9.17) is 31.4 Å². The van der Waals surface area contributed by atoms with E-state index >= 15 is 0 Å². The van der Waals surface area contributed by atoms with Gasteiger partial charge in [-0.2, -0.15) is 9.97 Å². The third-order valence-corrected chi connectivity index (χ3v) is 8.00. The predicted octanol–water partition coefficient (Wildman–Crippen LogP) is 2.30. The van der Waals surface area contributed by atoms with Crippen LogP contribution in [-0.4, -0.2) is 81.2 Å². The van der Waals surface area contributed by atoms with Crippen molar-refractivity contribution in [2.24, 2.45) is 21.9 Å². The number of nitrogens with one attached hydrogen (secondary N) is 2. The van der Waals surface area contributed by atoms with Gasteiger partial charge in [0.05, 0.1) is 18.2 Å². The Kier molecular flexibility index (Phi) is 6.64. The maximum Gasteiger partial charge on any atom is 0.226 e. The predicted molar refractivity (Wildman–Crippen MR) is 151 cm³/mol. The zero-order valence-corrected chi connectivity index (χ0v) is 22.1. The van der Waals surface area contributed by atoms with Crippen LogP contribution in [0.2, 0.25) is 0 Å². The van der Waals surface area contributed by atoms with Gasteiger partial charge in [-0.15, -0.1) is 0 Å². The normalized spacial score (nSPS) is 18.9. The monoisotopic (exact) mass is 518 g/mol. The Morgan fingerprint density at radius 2 is 1.92 bits per heavy atom. The minimum absolute atomic E-state index is 0.106. The summed E-state index contributed by atoms with van der Waals surface area (Å²) in [7, 11) is 0. The highest BCUT2D eigenvalue weighted by Crippen LogP contribution is 2.41. The summed E-state index contributed by atoms with van der Waals surface area (Å²) in [5.41, 5.74) is 13.8. The van der Waals surface area contributed by atoms with Gasteiger partial charge in [0, 0.05) is 50.7 Å². The summed E-state index contributed by atoms with van der Waals surface area (Å²) in [6.07, 6.45) is 9.34. The molecule has 5 heterocycles. The summed E-state index contributed by atoms with van der Waals surface area (Å²) in [6, 6.07) is 4.58. The Labute approximate surface area is 222 Å². The molecule has 38 heavy (non-hydrogen) atoms. The second-order valence-electron chi connectivity index (χ2n) is 10.9. The minimum atomic E-state index is 0.106. The van der Waals surface area contributed by atoms with Crippen LogP contribution < -0.4 is 27.0 Å². The molecule has 0 unspecified atom stereocenters. The van der Waals surface area contributed by atoms with E-state index in [-0.39, 0.29) is 5.96 Å². The maximum absolute atomic E-state index is 5.43. The van der Waals surface area contributed by atoms with Crippen molar-refractivity contribution < 1.29 is 0 Å². The van der Waals surface area contributed by atoms with Crippen LogP contribution in [0.3, 0.4) is 0 Å². The topological polar surface area (TPSA) is 151 Å². The van der Waals surface area contributed by atoms with E-state index in [0.717, 1.165) is 61.6 Å². The molecule has 1 aliphatic carbocycles. The van der Waals surface area contributed by atoms with Crippen LogP contribution in [0.5, 0.6) is 0 Å². The highest BCUT2D eigenvalue weighted by Gasteiger charge is 2.51. The van der Waals surface area contributed by atoms with Gasteiger partial charge in [-0.05, 0) is 37.9 Å². The molecule has 2 saturated heterocycles. The number of likely N-dealkylation sites (tertiary alicyclic amines) is 1. The number of anilines is 4. The summed E-state index contributed by atoms with van der Waals surface area (Å²) < 4.78 is 2.21. The molecule has 202 valence electrons. The first kappa shape index (κ1) is 24.7. The lowest BCUT2D eigenvalue weighted by Gasteiger charge is -2.60. The Balaban J connectivity index is 1.17. The maximum atomic E-state index is 5.43. The molecule has 3 aromatic heterocycles. The molecule has 3 fully saturated rings. The molecule has 0 atom stereocenters. The lowest BCUT2D eigenvalue weighted by atomic mass is 9.73. The number of aliphatic imine (C=N–C) groups is 1. The zero-order valence-electron chi connectivity index (χ0n) is 22.1. The molecule has 12 heteroatoms. The molecule has 0 radical (unpaired) electrons. The molecule has 3 aromatic rings. The quantitative estimate of drug-likeness (QED) is 0.179. The summed E-state index contributed by atoms with van der Waals surface area (Å²) in [6.45, 7) is 9.18. The van der Waals surface area contributed by atoms with Crippen LogP contribution in [0.4, 0.5) is 23.3 Å². The van der Waals surface area contributed by atoms with Crippen LogP contribution in [0.15, 0.2) is 29.6 Å². The number of hydrogen-bond donors (Lipinski definition) is 4. The number of nitrogens with zero attached hydrogens (tertiary/aromatic N) is 8. The van der Waals surface area contributed by atoms with Crippen molar-refractivity contribution in [3.63, 3.8) is 0 Å². The summed E-state index contributed by atoms with van der Waals surface area (Å²) in [5.74, 6) is 2.36. The fourth-order valence-electron chi connectivity index (χ4n) is 6.05. The third kappa shape index (κ3) is 4.92. The Bertz CT molecular complexity index is 1280. The van der Waals surface area contributed by atoms with Crippen molar-refractivity contribution in [3.05, 3.63) is 24.7 Å². The number of pyridine rings is 1. The number of aromatic nitrogens is 5. The van der Waals surface area contributed by atoms with E-state index in [1.165, 1.54) is 25.9 Å². The van der Waals surface area contributed by atoms with Crippen molar-refractivity contribution in [1.82, 2.24) is 29.4 Å². The summed E-state index contributed by atoms with van der Waals surface area (Å²) >= 11 is 0. The average Bonchev–Trinajstić information content (AvgIpc) is 3.53.